The number of hydrogen-bond acceptors (Lipinski definition) is 3. The zero-order valence-electron chi connectivity index (χ0n) is 11.7. The van der Waals surface area contributed by atoms with Crippen molar-refractivity contribution < 1.29 is 14.0 Å². The fourth-order valence-electron chi connectivity index (χ4n) is 2.30. The molecule has 0 bridgehead atoms. The predicted octanol–water partition coefficient (Wildman–Crippen LogP) is 1.67. The smallest absolute Gasteiger partial charge is 0.248 e. The number of carbonyl (C=O) groups excluding carboxylic acids is 2. The van der Waals surface area contributed by atoms with Crippen LogP contribution in [0, 0.1) is 11.2 Å². The average Bonchev–Trinajstić information content (AvgIpc) is 2.41. The van der Waals surface area contributed by atoms with E-state index in [0.29, 0.717) is 6.54 Å². The maximum absolute atomic E-state index is 13.7. The maximum atomic E-state index is 13.7. The maximum Gasteiger partial charge on any atom is 0.248 e. The van der Waals surface area contributed by atoms with Gasteiger partial charge >= 0.3 is 0 Å². The number of hydrogen-bond donors (Lipinski definition) is 3. The van der Waals surface area contributed by atoms with Gasteiger partial charge in [-0.2, -0.15) is 0 Å². The third-order valence-corrected chi connectivity index (χ3v) is 3.64. The second kappa shape index (κ2) is 6.87. The molecule has 1 aromatic carbocycles. The number of piperidine rings is 1. The Hall–Kier alpha value is -1.66. The minimum Gasteiger partial charge on any atom is -0.366 e. The number of benzene rings is 1. The van der Waals surface area contributed by atoms with Gasteiger partial charge in [0.15, 0.2) is 0 Å². The molecule has 0 radical (unpaired) electrons. The number of nitrogens with two attached hydrogens (primary N) is 1. The second-order valence-corrected chi connectivity index (χ2v) is 5.35. The van der Waals surface area contributed by atoms with Gasteiger partial charge in [0.25, 0.3) is 0 Å². The summed E-state index contributed by atoms with van der Waals surface area (Å²) in [6, 6.07) is 3.67. The van der Waals surface area contributed by atoms with Crippen LogP contribution in [-0.2, 0) is 4.79 Å². The first-order chi connectivity index (χ1) is 9.42. The molecule has 1 unspecified atom stereocenters. The molecule has 1 heterocycles. The number of carbonyl (C=O) groups is 2. The van der Waals surface area contributed by atoms with Crippen molar-refractivity contribution in [3.63, 3.8) is 0 Å². The molecule has 21 heavy (non-hydrogen) atoms. The summed E-state index contributed by atoms with van der Waals surface area (Å²) < 4.78 is 13.7. The molecule has 1 aliphatic heterocycles. The van der Waals surface area contributed by atoms with Crippen LogP contribution in [0.15, 0.2) is 18.2 Å². The van der Waals surface area contributed by atoms with Crippen LogP contribution in [0.2, 0.25) is 0 Å². The first kappa shape index (κ1) is 17.4. The number of primary amides is 1. The highest BCUT2D eigenvalue weighted by atomic mass is 35.5. The largest absolute Gasteiger partial charge is 0.366 e. The zero-order valence-corrected chi connectivity index (χ0v) is 12.6. The van der Waals surface area contributed by atoms with E-state index in [1.54, 1.807) is 0 Å². The summed E-state index contributed by atoms with van der Waals surface area (Å²) in [5.41, 5.74) is 4.72. The first-order valence-corrected chi connectivity index (χ1v) is 6.54. The molecule has 5 nitrogen and oxygen atoms in total. The van der Waals surface area contributed by atoms with Gasteiger partial charge in [0.1, 0.15) is 5.82 Å². The molecular formula is C14H19ClFN3O2. The molecular weight excluding hydrogens is 297 g/mol. The number of amides is 2. The Bertz CT molecular complexity index is 545. The van der Waals surface area contributed by atoms with Crippen LogP contribution >= 0.6 is 12.4 Å². The van der Waals surface area contributed by atoms with Gasteiger partial charge in [0.05, 0.1) is 11.1 Å². The van der Waals surface area contributed by atoms with Crippen LogP contribution in [0.5, 0.6) is 0 Å². The zero-order chi connectivity index (χ0) is 14.8. The van der Waals surface area contributed by atoms with Gasteiger partial charge in [-0.05, 0) is 44.5 Å². The fraction of sp³-hybridized carbons (Fsp3) is 0.429. The van der Waals surface area contributed by atoms with Crippen molar-refractivity contribution in [1.82, 2.24) is 5.32 Å². The summed E-state index contributed by atoms with van der Waals surface area (Å²) in [5.74, 6) is -1.51. The molecule has 1 saturated heterocycles. The first-order valence-electron chi connectivity index (χ1n) is 6.54. The summed E-state index contributed by atoms with van der Waals surface area (Å²) in [5, 5.41) is 5.71. The van der Waals surface area contributed by atoms with Crippen LogP contribution in [0.4, 0.5) is 10.1 Å². The van der Waals surface area contributed by atoms with E-state index in [1.165, 1.54) is 12.1 Å². The quantitative estimate of drug-likeness (QED) is 0.793. The van der Waals surface area contributed by atoms with Crippen molar-refractivity contribution in [2.45, 2.75) is 19.8 Å². The SMILES string of the molecule is CC1(C(=O)Nc2cc(C(N)=O)ccc2F)CCCNC1.Cl. The second-order valence-electron chi connectivity index (χ2n) is 5.35. The Morgan fingerprint density at radius 1 is 1.43 bits per heavy atom. The topological polar surface area (TPSA) is 84.2 Å². The average molecular weight is 316 g/mol. The van der Waals surface area contributed by atoms with Gasteiger partial charge in [-0.25, -0.2) is 4.39 Å². The van der Waals surface area contributed by atoms with Crippen molar-refractivity contribution >= 4 is 29.9 Å². The molecule has 1 aromatic rings. The number of rotatable bonds is 3. The molecule has 0 aliphatic carbocycles. The van der Waals surface area contributed by atoms with E-state index >= 15 is 0 Å². The van der Waals surface area contributed by atoms with Gasteiger partial charge in [-0.15, -0.1) is 12.4 Å². The molecule has 2 rings (SSSR count). The van der Waals surface area contributed by atoms with Crippen LogP contribution in [0.3, 0.4) is 0 Å². The molecule has 116 valence electrons. The van der Waals surface area contributed by atoms with Gasteiger partial charge in [-0.1, -0.05) is 0 Å². The van der Waals surface area contributed by atoms with Crippen molar-refractivity contribution in [1.29, 1.82) is 0 Å². The molecule has 0 aromatic heterocycles. The van der Waals surface area contributed by atoms with E-state index in [-0.39, 0.29) is 29.6 Å². The predicted molar refractivity (Wildman–Crippen MR) is 81.0 cm³/mol. The molecule has 7 heteroatoms. The van der Waals surface area contributed by atoms with E-state index < -0.39 is 17.1 Å². The summed E-state index contributed by atoms with van der Waals surface area (Å²) >= 11 is 0. The molecule has 1 fully saturated rings. The van der Waals surface area contributed by atoms with Gasteiger partial charge in [0, 0.05) is 12.1 Å². The highest BCUT2D eigenvalue weighted by Crippen LogP contribution is 2.28. The highest BCUT2D eigenvalue weighted by Gasteiger charge is 2.34. The van der Waals surface area contributed by atoms with Crippen LogP contribution < -0.4 is 16.4 Å². The lowest BCUT2D eigenvalue weighted by molar-refractivity contribution is -0.125. The van der Waals surface area contributed by atoms with E-state index in [9.17, 15) is 14.0 Å². The molecule has 1 atom stereocenters. The summed E-state index contributed by atoms with van der Waals surface area (Å²) in [4.78, 5) is 23.4. The van der Waals surface area contributed by atoms with Gasteiger partial charge in [-0.3, -0.25) is 9.59 Å². The summed E-state index contributed by atoms with van der Waals surface area (Å²) in [6.07, 6.45) is 1.64. The summed E-state index contributed by atoms with van der Waals surface area (Å²) in [7, 11) is 0. The third-order valence-electron chi connectivity index (χ3n) is 3.64. The van der Waals surface area contributed by atoms with E-state index in [1.807, 2.05) is 6.92 Å². The Labute approximate surface area is 128 Å². The normalized spacial score (nSPS) is 21.2. The van der Waals surface area contributed by atoms with Crippen molar-refractivity contribution in [2.24, 2.45) is 11.1 Å². The lowest BCUT2D eigenvalue weighted by Gasteiger charge is -2.32. The number of halogens is 2. The monoisotopic (exact) mass is 315 g/mol. The number of nitrogens with one attached hydrogen (secondary N) is 2. The standard InChI is InChI=1S/C14H18FN3O2.ClH/c1-14(5-2-6-17-8-14)13(20)18-11-7-9(12(16)19)3-4-10(11)15;/h3-4,7,17H,2,5-6,8H2,1H3,(H2,16,19)(H,18,20);1H. The van der Waals surface area contributed by atoms with Crippen molar-refractivity contribution in [3.05, 3.63) is 29.6 Å². The Morgan fingerprint density at radius 2 is 2.14 bits per heavy atom. The molecule has 1 aliphatic rings. The Kier molecular flexibility index (Phi) is 5.69. The Balaban J connectivity index is 0.00000220. The minimum atomic E-state index is -0.661. The molecule has 0 saturated carbocycles. The van der Waals surface area contributed by atoms with Crippen LogP contribution in [-0.4, -0.2) is 24.9 Å². The number of anilines is 1. The lowest BCUT2D eigenvalue weighted by Crippen LogP contribution is -2.46. The lowest BCUT2D eigenvalue weighted by atomic mass is 9.82. The minimum absolute atomic E-state index is 0. The third kappa shape index (κ3) is 3.92. The Morgan fingerprint density at radius 3 is 2.71 bits per heavy atom. The van der Waals surface area contributed by atoms with Gasteiger partial charge in [0.2, 0.25) is 11.8 Å². The molecule has 0 spiro atoms. The molecule has 2 amide bonds. The molecule has 4 N–H and O–H groups in total. The summed E-state index contributed by atoms with van der Waals surface area (Å²) in [6.45, 7) is 3.27. The van der Waals surface area contributed by atoms with Crippen molar-refractivity contribution in [3.8, 4) is 0 Å². The van der Waals surface area contributed by atoms with E-state index in [0.717, 1.165) is 25.5 Å². The van der Waals surface area contributed by atoms with E-state index in [2.05, 4.69) is 10.6 Å². The van der Waals surface area contributed by atoms with E-state index in [4.69, 9.17) is 5.73 Å². The fourth-order valence-corrected chi connectivity index (χ4v) is 2.30. The van der Waals surface area contributed by atoms with Crippen molar-refractivity contribution in [2.75, 3.05) is 18.4 Å². The van der Waals surface area contributed by atoms with Gasteiger partial charge < -0.3 is 16.4 Å². The highest BCUT2D eigenvalue weighted by molar-refractivity contribution is 5.98. The van der Waals surface area contributed by atoms with Crippen LogP contribution in [0.1, 0.15) is 30.1 Å². The van der Waals surface area contributed by atoms with Crippen LogP contribution in [0.25, 0.3) is 0 Å².